The lowest BCUT2D eigenvalue weighted by atomic mass is 10.0. The fourth-order valence-corrected chi connectivity index (χ4v) is 11.1. The number of carbonyl (C=O) groups excluding carboxylic acids is 2. The van der Waals surface area contributed by atoms with Gasteiger partial charge in [-0.1, -0.05) is 327 Å². The van der Waals surface area contributed by atoms with E-state index in [1.54, 1.807) is 0 Å². The monoisotopic (exact) mass is 1080 g/mol. The first kappa shape index (κ1) is 75.3. The molecule has 0 fully saturated rings. The molecule has 6 nitrogen and oxygen atoms in total. The van der Waals surface area contributed by atoms with E-state index < -0.39 is 12.1 Å². The smallest absolute Gasteiger partial charge is 0.305 e. The molecule has 3 N–H and O–H groups in total. The number of rotatable bonds is 66. The van der Waals surface area contributed by atoms with Crippen molar-refractivity contribution in [2.45, 2.75) is 405 Å². The lowest BCUT2D eigenvalue weighted by molar-refractivity contribution is -0.143. The average molecular weight is 1080 g/mol. The van der Waals surface area contributed by atoms with Crippen LogP contribution in [0.3, 0.4) is 0 Å². The molecule has 0 radical (unpaired) electrons. The Morgan fingerprint density at radius 3 is 0.922 bits per heavy atom. The van der Waals surface area contributed by atoms with Crippen molar-refractivity contribution in [1.82, 2.24) is 5.32 Å². The second-order valence-electron chi connectivity index (χ2n) is 24.2. The van der Waals surface area contributed by atoms with Gasteiger partial charge in [-0.25, -0.2) is 0 Å². The SMILES string of the molecule is CCCCCCCCC/C=C\CCCCCCCC(=O)OCCCCCCCCCCCCCC/C=C\CCCCCCCCCCCCCCCCCC(=O)NC(CO)C(O)CCCCCCCCCCCCCCC. The van der Waals surface area contributed by atoms with Gasteiger partial charge < -0.3 is 20.3 Å². The average Bonchev–Trinajstić information content (AvgIpc) is 3.43. The first-order valence-corrected chi connectivity index (χ1v) is 35.1. The van der Waals surface area contributed by atoms with Crippen molar-refractivity contribution in [2.24, 2.45) is 0 Å². The van der Waals surface area contributed by atoms with Crippen LogP contribution in [0.1, 0.15) is 393 Å². The van der Waals surface area contributed by atoms with Gasteiger partial charge in [0, 0.05) is 12.8 Å². The van der Waals surface area contributed by atoms with Crippen LogP contribution in [0.15, 0.2) is 24.3 Å². The molecule has 0 aliphatic carbocycles. The van der Waals surface area contributed by atoms with E-state index >= 15 is 0 Å². The van der Waals surface area contributed by atoms with Crippen molar-refractivity contribution in [2.75, 3.05) is 13.2 Å². The van der Waals surface area contributed by atoms with Gasteiger partial charge >= 0.3 is 5.97 Å². The van der Waals surface area contributed by atoms with Gasteiger partial charge in [0.25, 0.3) is 0 Å². The number of amides is 1. The van der Waals surface area contributed by atoms with E-state index in [2.05, 4.69) is 43.5 Å². The molecule has 0 bridgehead atoms. The second-order valence-corrected chi connectivity index (χ2v) is 24.2. The summed E-state index contributed by atoms with van der Waals surface area (Å²) in [5, 5.41) is 23.3. The first-order valence-electron chi connectivity index (χ1n) is 35.1. The lowest BCUT2D eigenvalue weighted by Gasteiger charge is -2.22. The summed E-state index contributed by atoms with van der Waals surface area (Å²) >= 11 is 0. The topological polar surface area (TPSA) is 95.9 Å². The van der Waals surface area contributed by atoms with E-state index in [1.165, 1.54) is 315 Å². The molecule has 2 atom stereocenters. The molecule has 0 heterocycles. The van der Waals surface area contributed by atoms with Crippen molar-refractivity contribution in [3.63, 3.8) is 0 Å². The van der Waals surface area contributed by atoms with E-state index in [9.17, 15) is 19.8 Å². The highest BCUT2D eigenvalue weighted by Gasteiger charge is 2.20. The van der Waals surface area contributed by atoms with Crippen LogP contribution in [0.5, 0.6) is 0 Å². The molecule has 0 aliphatic heterocycles. The standard InChI is InChI=1S/C71H137NO5/c1-3-5-7-9-11-13-15-17-18-37-41-45-49-53-57-61-65-71(76)77-66-62-58-54-50-46-42-38-35-33-31-29-27-25-23-21-19-20-22-24-26-28-30-32-34-36-40-44-48-52-56-60-64-70(75)72-68(67-73)69(74)63-59-55-51-47-43-39-16-14-12-10-8-6-4-2/h18,21,23,37,68-69,73-74H,3-17,19-20,22,24-36,38-67H2,1-2H3,(H,72,75)/b23-21-,37-18-. The Morgan fingerprint density at radius 1 is 0.351 bits per heavy atom. The van der Waals surface area contributed by atoms with Gasteiger partial charge in [0.05, 0.1) is 25.4 Å². The zero-order valence-corrected chi connectivity index (χ0v) is 52.2. The molecule has 0 saturated carbocycles. The molecule has 0 rings (SSSR count). The maximum Gasteiger partial charge on any atom is 0.305 e. The molecular formula is C71H137NO5. The summed E-state index contributed by atoms with van der Waals surface area (Å²) in [5.41, 5.74) is 0. The molecule has 77 heavy (non-hydrogen) atoms. The summed E-state index contributed by atoms with van der Waals surface area (Å²) in [7, 11) is 0. The second kappa shape index (κ2) is 66.8. The van der Waals surface area contributed by atoms with Gasteiger partial charge in [0.2, 0.25) is 5.91 Å². The third kappa shape index (κ3) is 63.4. The molecule has 0 aromatic rings. The van der Waals surface area contributed by atoms with Crippen molar-refractivity contribution >= 4 is 11.9 Å². The van der Waals surface area contributed by atoms with Gasteiger partial charge in [-0.05, 0) is 77.0 Å². The molecule has 2 unspecified atom stereocenters. The van der Waals surface area contributed by atoms with Crippen molar-refractivity contribution in [3.05, 3.63) is 24.3 Å². The summed E-state index contributed by atoms with van der Waals surface area (Å²) in [6, 6.07) is -0.539. The van der Waals surface area contributed by atoms with E-state index in [-0.39, 0.29) is 18.5 Å². The Bertz CT molecular complexity index is 1200. The first-order chi connectivity index (χ1) is 38.0. The Labute approximate surface area is 481 Å². The summed E-state index contributed by atoms with van der Waals surface area (Å²) < 4.78 is 5.49. The highest BCUT2D eigenvalue weighted by molar-refractivity contribution is 5.76. The number of ether oxygens (including phenoxy) is 1. The molecular weight excluding hydrogens is 947 g/mol. The van der Waals surface area contributed by atoms with Gasteiger partial charge in [0.1, 0.15) is 0 Å². The van der Waals surface area contributed by atoms with Gasteiger partial charge in [-0.2, -0.15) is 0 Å². The van der Waals surface area contributed by atoms with Crippen molar-refractivity contribution in [1.29, 1.82) is 0 Å². The van der Waals surface area contributed by atoms with E-state index in [1.807, 2.05) is 0 Å². The Morgan fingerprint density at radius 2 is 0.610 bits per heavy atom. The predicted octanol–water partition coefficient (Wildman–Crippen LogP) is 22.5. The fourth-order valence-electron chi connectivity index (χ4n) is 11.1. The van der Waals surface area contributed by atoms with Gasteiger partial charge in [-0.15, -0.1) is 0 Å². The van der Waals surface area contributed by atoms with Crippen molar-refractivity contribution in [3.8, 4) is 0 Å². The third-order valence-corrected chi connectivity index (χ3v) is 16.5. The van der Waals surface area contributed by atoms with Crippen LogP contribution in [-0.4, -0.2) is 47.4 Å². The molecule has 0 aromatic carbocycles. The molecule has 6 heteroatoms. The summed E-state index contributed by atoms with van der Waals surface area (Å²) in [6.07, 6.45) is 83.7. The quantitative estimate of drug-likeness (QED) is 0.0320. The number of unbranched alkanes of at least 4 members (excludes halogenated alkanes) is 51. The summed E-state index contributed by atoms with van der Waals surface area (Å²) in [5.74, 6) is -0.0201. The molecule has 0 spiro atoms. The number of aliphatic hydroxyl groups is 2. The van der Waals surface area contributed by atoms with Crippen LogP contribution in [-0.2, 0) is 14.3 Å². The molecule has 0 aromatic heterocycles. The number of carbonyl (C=O) groups is 2. The maximum absolute atomic E-state index is 12.5. The summed E-state index contributed by atoms with van der Waals surface area (Å²) in [4.78, 5) is 24.6. The van der Waals surface area contributed by atoms with Gasteiger partial charge in [-0.3, -0.25) is 9.59 Å². The Kier molecular flexibility index (Phi) is 65.4. The number of hydrogen-bond acceptors (Lipinski definition) is 5. The zero-order chi connectivity index (χ0) is 55.7. The van der Waals surface area contributed by atoms with Crippen LogP contribution >= 0.6 is 0 Å². The van der Waals surface area contributed by atoms with Crippen LogP contribution in [0.25, 0.3) is 0 Å². The van der Waals surface area contributed by atoms with Crippen LogP contribution in [0.2, 0.25) is 0 Å². The van der Waals surface area contributed by atoms with Crippen LogP contribution in [0, 0.1) is 0 Å². The third-order valence-electron chi connectivity index (χ3n) is 16.5. The lowest BCUT2D eigenvalue weighted by Crippen LogP contribution is -2.45. The Hall–Kier alpha value is -1.66. The summed E-state index contributed by atoms with van der Waals surface area (Å²) in [6.45, 7) is 4.97. The molecule has 1 amide bonds. The number of allylic oxidation sites excluding steroid dienone is 4. The minimum absolute atomic E-state index is 0.0109. The number of esters is 1. The van der Waals surface area contributed by atoms with Crippen LogP contribution < -0.4 is 5.32 Å². The minimum atomic E-state index is -0.662. The van der Waals surface area contributed by atoms with Crippen molar-refractivity contribution < 1.29 is 24.5 Å². The number of hydrogen-bond donors (Lipinski definition) is 3. The number of aliphatic hydroxyl groups excluding tert-OH is 2. The largest absolute Gasteiger partial charge is 0.466 e. The minimum Gasteiger partial charge on any atom is -0.466 e. The van der Waals surface area contributed by atoms with Gasteiger partial charge in [0.15, 0.2) is 0 Å². The highest BCUT2D eigenvalue weighted by atomic mass is 16.5. The number of nitrogens with one attached hydrogen (secondary N) is 1. The van der Waals surface area contributed by atoms with Crippen LogP contribution in [0.4, 0.5) is 0 Å². The normalized spacial score (nSPS) is 12.6. The van der Waals surface area contributed by atoms with E-state index in [0.29, 0.717) is 25.9 Å². The molecule has 0 aliphatic rings. The Balaban J connectivity index is 3.34. The maximum atomic E-state index is 12.5. The van der Waals surface area contributed by atoms with E-state index in [0.717, 1.165) is 44.9 Å². The zero-order valence-electron chi connectivity index (χ0n) is 52.2. The molecule has 0 saturated heterocycles. The fraction of sp³-hybridized carbons (Fsp3) is 0.915. The van der Waals surface area contributed by atoms with E-state index in [4.69, 9.17) is 4.74 Å². The molecule has 456 valence electrons. The predicted molar refractivity (Wildman–Crippen MR) is 338 cm³/mol. The highest BCUT2D eigenvalue weighted by Crippen LogP contribution is 2.19.